The van der Waals surface area contributed by atoms with Crippen molar-refractivity contribution in [3.8, 4) is 0 Å². The summed E-state index contributed by atoms with van der Waals surface area (Å²) in [4.78, 5) is 39.6. The molecule has 0 aromatic carbocycles. The quantitative estimate of drug-likeness (QED) is 0.208. The maximum absolute atomic E-state index is 9.00. The van der Waals surface area contributed by atoms with E-state index in [0.717, 1.165) is 0 Å². The van der Waals surface area contributed by atoms with Crippen molar-refractivity contribution in [2.24, 2.45) is 0 Å². The number of carboxylic acid groups (broad SMARTS) is 1. The van der Waals surface area contributed by atoms with Crippen LogP contribution >= 0.6 is 8.60 Å². The van der Waals surface area contributed by atoms with Crippen LogP contribution in [-0.4, -0.2) is 32.0 Å². The first-order chi connectivity index (χ1) is 4.00. The van der Waals surface area contributed by atoms with Crippen molar-refractivity contribution >= 4 is 20.9 Å². The highest BCUT2D eigenvalue weighted by atomic mass is 31.2. The minimum Gasteiger partial charge on any atom is -0.476 e. The van der Waals surface area contributed by atoms with Gasteiger partial charge in [-0.2, -0.15) is 0 Å². The number of carbonyl (C=O) groups is 2. The number of aliphatic carboxylic acids is 1. The SMILES string of the molecule is O=CC(=O)O.OP(O)O. The number of rotatable bonds is 1. The largest absolute Gasteiger partial charge is 0.476 e. The van der Waals surface area contributed by atoms with Crippen LogP contribution in [0.2, 0.25) is 0 Å². The molecule has 0 aliphatic heterocycles. The van der Waals surface area contributed by atoms with E-state index in [1.165, 1.54) is 0 Å². The fourth-order valence-corrected chi connectivity index (χ4v) is 0. The minimum absolute atomic E-state index is 0.167. The van der Waals surface area contributed by atoms with E-state index in [2.05, 4.69) is 0 Å². The lowest BCUT2D eigenvalue weighted by Gasteiger charge is -1.76. The Morgan fingerprint density at radius 3 is 1.44 bits per heavy atom. The Morgan fingerprint density at radius 2 is 1.44 bits per heavy atom. The number of hydrogen-bond donors (Lipinski definition) is 4. The predicted octanol–water partition coefficient (Wildman–Crippen LogP) is -1.54. The van der Waals surface area contributed by atoms with Crippen molar-refractivity contribution in [1.82, 2.24) is 0 Å². The van der Waals surface area contributed by atoms with Crippen LogP contribution in [0.1, 0.15) is 0 Å². The summed E-state index contributed by atoms with van der Waals surface area (Å²) in [6.07, 6.45) is -0.167. The number of carbonyl (C=O) groups excluding carboxylic acids is 1. The van der Waals surface area contributed by atoms with E-state index in [9.17, 15) is 0 Å². The molecular formula is C2H5O6P. The van der Waals surface area contributed by atoms with E-state index in [1.807, 2.05) is 0 Å². The lowest BCUT2D eigenvalue weighted by Crippen LogP contribution is -1.91. The van der Waals surface area contributed by atoms with Crippen LogP contribution in [0, 0.1) is 0 Å². The molecule has 0 atom stereocenters. The fraction of sp³-hybridized carbons (Fsp3) is 0. The average Bonchev–Trinajstić information content (AvgIpc) is 1.65. The molecule has 0 fully saturated rings. The summed E-state index contributed by atoms with van der Waals surface area (Å²) in [5, 5.41) is 7.35. The maximum Gasteiger partial charge on any atom is 0.368 e. The molecule has 0 saturated heterocycles. The Balaban J connectivity index is 0. The van der Waals surface area contributed by atoms with Gasteiger partial charge in [0.1, 0.15) is 0 Å². The van der Waals surface area contributed by atoms with E-state index in [-0.39, 0.29) is 6.29 Å². The highest BCUT2D eigenvalue weighted by molar-refractivity contribution is 7.38. The Bertz CT molecular complexity index is 86.3. The summed E-state index contributed by atoms with van der Waals surface area (Å²) in [5.74, 6) is -1.43. The van der Waals surface area contributed by atoms with Crippen molar-refractivity contribution in [2.75, 3.05) is 0 Å². The normalized spacial score (nSPS) is 7.56. The lowest BCUT2D eigenvalue weighted by molar-refractivity contribution is -0.143. The third kappa shape index (κ3) is 105. The van der Waals surface area contributed by atoms with Crippen LogP contribution in [-0.2, 0) is 9.59 Å². The fourth-order valence-electron chi connectivity index (χ4n) is 0. The van der Waals surface area contributed by atoms with Gasteiger partial charge in [-0.25, -0.2) is 4.79 Å². The van der Waals surface area contributed by atoms with Gasteiger partial charge in [-0.1, -0.05) is 0 Å². The van der Waals surface area contributed by atoms with Crippen molar-refractivity contribution in [3.63, 3.8) is 0 Å². The van der Waals surface area contributed by atoms with Gasteiger partial charge in [0.15, 0.2) is 0 Å². The number of aldehydes is 1. The molecule has 0 aliphatic rings. The van der Waals surface area contributed by atoms with Crippen molar-refractivity contribution in [3.05, 3.63) is 0 Å². The van der Waals surface area contributed by atoms with E-state index in [1.54, 1.807) is 0 Å². The van der Waals surface area contributed by atoms with Gasteiger partial charge in [0.25, 0.3) is 0 Å². The highest BCUT2D eigenvalue weighted by Gasteiger charge is 1.80. The summed E-state index contributed by atoms with van der Waals surface area (Å²) < 4.78 is 0. The molecular weight excluding hydrogens is 151 g/mol. The maximum atomic E-state index is 9.00. The Labute approximate surface area is 51.4 Å². The molecule has 0 aromatic heterocycles. The van der Waals surface area contributed by atoms with Gasteiger partial charge < -0.3 is 19.8 Å². The summed E-state index contributed by atoms with van der Waals surface area (Å²) >= 11 is 0. The Morgan fingerprint density at radius 1 is 1.33 bits per heavy atom. The van der Waals surface area contributed by atoms with E-state index < -0.39 is 14.6 Å². The molecule has 0 radical (unpaired) electrons. The smallest absolute Gasteiger partial charge is 0.368 e. The molecule has 54 valence electrons. The monoisotopic (exact) mass is 156 g/mol. The average molecular weight is 156 g/mol. The van der Waals surface area contributed by atoms with Crippen LogP contribution in [0.3, 0.4) is 0 Å². The van der Waals surface area contributed by atoms with Crippen LogP contribution in [0.15, 0.2) is 0 Å². The molecule has 0 bridgehead atoms. The van der Waals surface area contributed by atoms with Gasteiger partial charge >= 0.3 is 14.6 Å². The van der Waals surface area contributed by atoms with E-state index in [4.69, 9.17) is 29.4 Å². The van der Waals surface area contributed by atoms with Crippen molar-refractivity contribution < 1.29 is 29.4 Å². The first-order valence-corrected chi connectivity index (χ1v) is 2.75. The zero-order valence-electron chi connectivity index (χ0n) is 4.13. The molecule has 9 heavy (non-hydrogen) atoms. The van der Waals surface area contributed by atoms with Crippen molar-refractivity contribution in [1.29, 1.82) is 0 Å². The van der Waals surface area contributed by atoms with Gasteiger partial charge in [-0.3, -0.25) is 4.79 Å². The molecule has 0 unspecified atom stereocenters. The van der Waals surface area contributed by atoms with Gasteiger partial charge in [-0.15, -0.1) is 0 Å². The molecule has 0 spiro atoms. The number of hydrogen-bond acceptors (Lipinski definition) is 5. The second-order valence-electron chi connectivity index (χ2n) is 0.724. The van der Waals surface area contributed by atoms with Gasteiger partial charge in [-0.05, 0) is 0 Å². The molecule has 0 rings (SSSR count). The Kier molecular flexibility index (Phi) is 9.33. The first kappa shape index (κ1) is 11.3. The predicted molar refractivity (Wildman–Crippen MR) is 27.3 cm³/mol. The second-order valence-corrected chi connectivity index (χ2v) is 1.26. The van der Waals surface area contributed by atoms with Gasteiger partial charge in [0.2, 0.25) is 6.29 Å². The molecule has 0 heterocycles. The molecule has 0 amide bonds. The van der Waals surface area contributed by atoms with E-state index in [0.29, 0.717) is 0 Å². The van der Waals surface area contributed by atoms with Gasteiger partial charge in [0.05, 0.1) is 0 Å². The molecule has 6 nitrogen and oxygen atoms in total. The van der Waals surface area contributed by atoms with Crippen LogP contribution in [0.4, 0.5) is 0 Å². The topological polar surface area (TPSA) is 115 Å². The van der Waals surface area contributed by atoms with Gasteiger partial charge in [0, 0.05) is 0 Å². The van der Waals surface area contributed by atoms with Crippen LogP contribution in [0.25, 0.3) is 0 Å². The third-order valence-electron chi connectivity index (χ3n) is 0.101. The standard InChI is InChI=1S/C2H2O3.H3O3P/c3-1-2(4)5;1-4(2)3/h1H,(H,4,5);1-3H. The summed E-state index contributed by atoms with van der Waals surface area (Å²) in [6, 6.07) is 0. The summed E-state index contributed by atoms with van der Waals surface area (Å²) in [6.45, 7) is 0. The number of carboxylic acids is 1. The zero-order chi connectivity index (χ0) is 7.86. The third-order valence-corrected chi connectivity index (χ3v) is 0.101. The second kappa shape index (κ2) is 7.45. The molecule has 4 N–H and O–H groups in total. The zero-order valence-corrected chi connectivity index (χ0v) is 5.02. The van der Waals surface area contributed by atoms with Crippen LogP contribution in [0.5, 0.6) is 0 Å². The molecule has 0 aromatic rings. The molecule has 7 heteroatoms. The molecule has 0 aliphatic carbocycles. The first-order valence-electron chi connectivity index (χ1n) is 1.55. The Hall–Kier alpha value is -0.550. The lowest BCUT2D eigenvalue weighted by atomic mass is 10.8. The molecule has 0 saturated carbocycles. The van der Waals surface area contributed by atoms with E-state index >= 15 is 0 Å². The summed E-state index contributed by atoms with van der Waals surface area (Å²) in [5.41, 5.74) is 0. The van der Waals surface area contributed by atoms with Crippen LogP contribution < -0.4 is 0 Å². The summed E-state index contributed by atoms with van der Waals surface area (Å²) in [7, 11) is -2.62. The van der Waals surface area contributed by atoms with Crippen molar-refractivity contribution in [2.45, 2.75) is 0 Å². The minimum atomic E-state index is -2.62. The highest BCUT2D eigenvalue weighted by Crippen LogP contribution is 2.11.